The van der Waals surface area contributed by atoms with Crippen molar-refractivity contribution in [2.45, 2.75) is 6.43 Å². The van der Waals surface area contributed by atoms with E-state index < -0.39 is 6.43 Å². The quantitative estimate of drug-likeness (QED) is 0.824. The first-order valence-corrected chi connectivity index (χ1v) is 5.16. The van der Waals surface area contributed by atoms with E-state index in [1.165, 1.54) is 35.1 Å². The van der Waals surface area contributed by atoms with E-state index in [9.17, 15) is 13.2 Å². The van der Waals surface area contributed by atoms with Gasteiger partial charge in [-0.3, -0.25) is 0 Å². The Hall–Kier alpha value is -1.30. The summed E-state index contributed by atoms with van der Waals surface area (Å²) in [5.41, 5.74) is 0.193. The minimum Gasteiger partial charge on any atom is -0.239 e. The highest BCUT2D eigenvalue weighted by atomic mass is 79.9. The smallest absolute Gasteiger partial charge is 0.239 e. The molecule has 0 saturated carbocycles. The molecule has 6 heteroatoms. The minimum atomic E-state index is -2.64. The van der Waals surface area contributed by atoms with Crippen LogP contribution in [0.2, 0.25) is 0 Å². The largest absolute Gasteiger partial charge is 0.283 e. The van der Waals surface area contributed by atoms with Crippen LogP contribution in [0.5, 0.6) is 0 Å². The first-order valence-electron chi connectivity index (χ1n) is 4.37. The summed E-state index contributed by atoms with van der Waals surface area (Å²) in [7, 11) is 0. The summed E-state index contributed by atoms with van der Waals surface area (Å²) in [5.74, 6) is -0.385. The lowest BCUT2D eigenvalue weighted by molar-refractivity contribution is 0.144. The SMILES string of the molecule is Fc1ccc(-n2cc(Br)c(C(F)F)n2)cc1. The number of benzene rings is 1. The Bertz CT molecular complexity index is 493. The highest BCUT2D eigenvalue weighted by molar-refractivity contribution is 9.10. The molecule has 0 N–H and O–H groups in total. The van der Waals surface area contributed by atoms with Gasteiger partial charge in [0.05, 0.1) is 10.2 Å². The summed E-state index contributed by atoms with van der Waals surface area (Å²) in [6.45, 7) is 0. The number of aromatic nitrogens is 2. The zero-order valence-corrected chi connectivity index (χ0v) is 9.46. The normalized spacial score (nSPS) is 11.1. The van der Waals surface area contributed by atoms with E-state index in [0.29, 0.717) is 5.69 Å². The molecular weight excluding hydrogens is 285 g/mol. The summed E-state index contributed by atoms with van der Waals surface area (Å²) in [4.78, 5) is 0. The van der Waals surface area contributed by atoms with Crippen molar-refractivity contribution in [2.24, 2.45) is 0 Å². The van der Waals surface area contributed by atoms with Crippen LogP contribution in [0, 0.1) is 5.82 Å². The fourth-order valence-corrected chi connectivity index (χ4v) is 1.69. The van der Waals surface area contributed by atoms with Crippen molar-refractivity contribution in [1.82, 2.24) is 9.78 Å². The Morgan fingerprint density at radius 1 is 1.19 bits per heavy atom. The van der Waals surface area contributed by atoms with E-state index >= 15 is 0 Å². The molecule has 16 heavy (non-hydrogen) atoms. The van der Waals surface area contributed by atoms with Crippen LogP contribution in [0.3, 0.4) is 0 Å². The van der Waals surface area contributed by atoms with E-state index in [2.05, 4.69) is 21.0 Å². The molecule has 2 rings (SSSR count). The molecule has 0 radical (unpaired) electrons. The molecule has 1 aromatic carbocycles. The molecule has 0 amide bonds. The number of hydrogen-bond acceptors (Lipinski definition) is 1. The third kappa shape index (κ3) is 2.11. The van der Waals surface area contributed by atoms with E-state index in [1.54, 1.807) is 0 Å². The van der Waals surface area contributed by atoms with Crippen LogP contribution in [-0.4, -0.2) is 9.78 Å². The van der Waals surface area contributed by atoms with E-state index in [4.69, 9.17) is 0 Å². The summed E-state index contributed by atoms with van der Waals surface area (Å²) in [6.07, 6.45) is -1.23. The van der Waals surface area contributed by atoms with Crippen molar-refractivity contribution in [1.29, 1.82) is 0 Å². The van der Waals surface area contributed by atoms with Gasteiger partial charge in [-0.15, -0.1) is 0 Å². The van der Waals surface area contributed by atoms with Crippen LogP contribution < -0.4 is 0 Å². The second kappa shape index (κ2) is 4.29. The van der Waals surface area contributed by atoms with Gasteiger partial charge in [0.25, 0.3) is 6.43 Å². The Morgan fingerprint density at radius 3 is 2.31 bits per heavy atom. The average molecular weight is 291 g/mol. The van der Waals surface area contributed by atoms with Crippen LogP contribution >= 0.6 is 15.9 Å². The van der Waals surface area contributed by atoms with Gasteiger partial charge in [-0.05, 0) is 40.2 Å². The second-order valence-electron chi connectivity index (χ2n) is 3.08. The van der Waals surface area contributed by atoms with Crippen LogP contribution in [0.1, 0.15) is 12.1 Å². The summed E-state index contributed by atoms with van der Waals surface area (Å²) in [5, 5.41) is 3.71. The maximum Gasteiger partial charge on any atom is 0.283 e. The lowest BCUT2D eigenvalue weighted by Crippen LogP contribution is -1.96. The topological polar surface area (TPSA) is 17.8 Å². The molecule has 0 bridgehead atoms. The Balaban J connectivity index is 2.41. The molecule has 1 aromatic heterocycles. The molecule has 0 fully saturated rings. The summed E-state index contributed by atoms with van der Waals surface area (Å²) >= 11 is 2.99. The Morgan fingerprint density at radius 2 is 1.81 bits per heavy atom. The van der Waals surface area contributed by atoms with Crippen molar-refractivity contribution in [3.05, 3.63) is 46.4 Å². The van der Waals surface area contributed by atoms with Gasteiger partial charge in [-0.1, -0.05) is 0 Å². The van der Waals surface area contributed by atoms with Crippen molar-refractivity contribution in [2.75, 3.05) is 0 Å². The summed E-state index contributed by atoms with van der Waals surface area (Å²) < 4.78 is 39.1. The molecule has 2 nitrogen and oxygen atoms in total. The van der Waals surface area contributed by atoms with Crippen molar-refractivity contribution in [3.8, 4) is 5.69 Å². The van der Waals surface area contributed by atoms with Gasteiger partial charge in [0.2, 0.25) is 0 Å². The Kier molecular flexibility index (Phi) is 3.00. The third-order valence-electron chi connectivity index (χ3n) is 1.99. The van der Waals surface area contributed by atoms with E-state index in [-0.39, 0.29) is 16.0 Å². The fraction of sp³-hybridized carbons (Fsp3) is 0.100. The lowest BCUT2D eigenvalue weighted by Gasteiger charge is -2.00. The first kappa shape index (κ1) is 11.2. The minimum absolute atomic E-state index is 0.229. The van der Waals surface area contributed by atoms with Gasteiger partial charge in [0, 0.05) is 6.20 Å². The predicted molar refractivity (Wildman–Crippen MR) is 56.2 cm³/mol. The molecule has 0 unspecified atom stereocenters. The standard InChI is InChI=1S/C10H6BrF3N2/c11-8-5-16(15-9(8)10(13)14)7-3-1-6(12)2-4-7/h1-5,10H. The van der Waals surface area contributed by atoms with Crippen LogP contribution in [0.15, 0.2) is 34.9 Å². The van der Waals surface area contributed by atoms with E-state index in [0.717, 1.165) is 0 Å². The number of nitrogens with zero attached hydrogens (tertiary/aromatic N) is 2. The van der Waals surface area contributed by atoms with Gasteiger partial charge in [-0.25, -0.2) is 17.9 Å². The van der Waals surface area contributed by atoms with Gasteiger partial charge >= 0.3 is 0 Å². The monoisotopic (exact) mass is 290 g/mol. The Labute approximate surface area is 97.8 Å². The lowest BCUT2D eigenvalue weighted by atomic mass is 10.3. The van der Waals surface area contributed by atoms with Crippen LogP contribution in [-0.2, 0) is 0 Å². The van der Waals surface area contributed by atoms with Crippen molar-refractivity contribution >= 4 is 15.9 Å². The van der Waals surface area contributed by atoms with Gasteiger partial charge in [0.1, 0.15) is 11.5 Å². The number of hydrogen-bond donors (Lipinski definition) is 0. The average Bonchev–Trinajstić information content (AvgIpc) is 2.61. The highest BCUT2D eigenvalue weighted by Gasteiger charge is 2.16. The van der Waals surface area contributed by atoms with Gasteiger partial charge < -0.3 is 0 Å². The van der Waals surface area contributed by atoms with Crippen LogP contribution in [0.25, 0.3) is 5.69 Å². The maximum atomic E-state index is 12.7. The number of alkyl halides is 2. The van der Waals surface area contributed by atoms with Crippen molar-refractivity contribution < 1.29 is 13.2 Å². The van der Waals surface area contributed by atoms with Crippen LogP contribution in [0.4, 0.5) is 13.2 Å². The zero-order chi connectivity index (χ0) is 11.7. The molecule has 0 aliphatic carbocycles. The first-order chi connectivity index (χ1) is 7.58. The number of halogens is 4. The van der Waals surface area contributed by atoms with Gasteiger partial charge in [-0.2, -0.15) is 5.10 Å². The molecule has 0 atom stereocenters. The number of rotatable bonds is 2. The molecule has 84 valence electrons. The zero-order valence-electron chi connectivity index (χ0n) is 7.87. The highest BCUT2D eigenvalue weighted by Crippen LogP contribution is 2.26. The molecule has 0 spiro atoms. The molecule has 0 aliphatic heterocycles. The predicted octanol–water partition coefficient (Wildman–Crippen LogP) is 3.71. The molecule has 2 aromatic rings. The second-order valence-corrected chi connectivity index (χ2v) is 3.94. The van der Waals surface area contributed by atoms with Gasteiger partial charge in [0.15, 0.2) is 0 Å². The maximum absolute atomic E-state index is 12.7. The molecule has 1 heterocycles. The summed E-state index contributed by atoms with van der Waals surface area (Å²) in [6, 6.07) is 5.41. The van der Waals surface area contributed by atoms with E-state index in [1.807, 2.05) is 0 Å². The third-order valence-corrected chi connectivity index (χ3v) is 2.60. The molecular formula is C10H6BrF3N2. The fourth-order valence-electron chi connectivity index (χ4n) is 1.24. The molecule has 0 aliphatic rings. The molecule has 0 saturated heterocycles. The van der Waals surface area contributed by atoms with Crippen molar-refractivity contribution in [3.63, 3.8) is 0 Å².